The van der Waals surface area contributed by atoms with Gasteiger partial charge in [-0.2, -0.15) is 8.78 Å². The monoisotopic (exact) mass is 328 g/mol. The maximum absolute atomic E-state index is 12.4. The molecule has 0 aliphatic carbocycles. The van der Waals surface area contributed by atoms with Gasteiger partial charge in [-0.05, 0) is 18.2 Å². The molecule has 0 bridgehead atoms. The van der Waals surface area contributed by atoms with E-state index in [0.29, 0.717) is 5.76 Å². The van der Waals surface area contributed by atoms with Crippen molar-refractivity contribution in [3.8, 4) is 5.75 Å². The quantitative estimate of drug-likeness (QED) is 0.571. The molecule has 1 aromatic carbocycles. The fourth-order valence-electron chi connectivity index (χ4n) is 1.95. The molecule has 2 rings (SSSR count). The lowest BCUT2D eigenvalue weighted by Crippen LogP contribution is -2.21. The van der Waals surface area contributed by atoms with Gasteiger partial charge in [0.2, 0.25) is 0 Å². The van der Waals surface area contributed by atoms with Crippen molar-refractivity contribution in [2.24, 2.45) is 0 Å². The van der Waals surface area contributed by atoms with Crippen LogP contribution in [0.5, 0.6) is 5.75 Å². The number of nitrogens with one attached hydrogen (secondary N) is 1. The van der Waals surface area contributed by atoms with Crippen LogP contribution in [0.2, 0.25) is 0 Å². The highest BCUT2D eigenvalue weighted by molar-refractivity contribution is 5.43. The number of hydrogen-bond donors (Lipinski definition) is 2. The van der Waals surface area contributed by atoms with Crippen LogP contribution in [0.4, 0.5) is 14.5 Å². The van der Waals surface area contributed by atoms with Gasteiger partial charge in [0.15, 0.2) is 0 Å². The van der Waals surface area contributed by atoms with Crippen LogP contribution in [0.15, 0.2) is 41.0 Å². The van der Waals surface area contributed by atoms with Crippen molar-refractivity contribution in [1.29, 1.82) is 0 Å². The predicted octanol–water partition coefficient (Wildman–Crippen LogP) is 2.61. The summed E-state index contributed by atoms with van der Waals surface area (Å²) in [6, 6.07) is 6.55. The van der Waals surface area contributed by atoms with Crippen LogP contribution >= 0.6 is 0 Å². The third-order valence-electron chi connectivity index (χ3n) is 3.00. The Labute approximate surface area is 129 Å². The van der Waals surface area contributed by atoms with E-state index in [0.717, 1.165) is 18.2 Å². The number of nitro benzene ring substituents is 1. The molecule has 1 aromatic heterocycles. The van der Waals surface area contributed by atoms with Crippen LogP contribution in [0, 0.1) is 10.1 Å². The zero-order valence-electron chi connectivity index (χ0n) is 11.8. The highest BCUT2D eigenvalue weighted by Gasteiger charge is 2.16. The molecule has 2 N–H and O–H groups in total. The van der Waals surface area contributed by atoms with Gasteiger partial charge in [-0.15, -0.1) is 0 Å². The fraction of sp³-hybridized carbons (Fsp3) is 0.286. The second-order valence-electron chi connectivity index (χ2n) is 4.59. The van der Waals surface area contributed by atoms with Crippen LogP contribution in [-0.2, 0) is 6.54 Å². The van der Waals surface area contributed by atoms with Gasteiger partial charge in [0, 0.05) is 30.8 Å². The Balaban J connectivity index is 2.04. The Morgan fingerprint density at radius 2 is 2.17 bits per heavy atom. The van der Waals surface area contributed by atoms with Gasteiger partial charge >= 0.3 is 6.61 Å². The molecule has 2 aromatic rings. The number of nitrogens with zero attached hydrogens (tertiary/aromatic N) is 1. The summed E-state index contributed by atoms with van der Waals surface area (Å²) in [5.41, 5.74) is -0.0545. The summed E-state index contributed by atoms with van der Waals surface area (Å²) in [7, 11) is 0. The first-order valence-electron chi connectivity index (χ1n) is 6.61. The largest absolute Gasteiger partial charge is 0.467 e. The topological polar surface area (TPSA) is 97.8 Å². The molecule has 1 unspecified atom stereocenters. The van der Waals surface area contributed by atoms with Gasteiger partial charge in [0.25, 0.3) is 5.69 Å². The van der Waals surface area contributed by atoms with Crippen molar-refractivity contribution < 1.29 is 28.0 Å². The highest BCUT2D eigenvalue weighted by Crippen LogP contribution is 2.25. The Hall–Kier alpha value is -2.52. The van der Waals surface area contributed by atoms with Crippen LogP contribution in [-0.4, -0.2) is 23.2 Å². The van der Waals surface area contributed by atoms with Crippen LogP contribution in [0.25, 0.3) is 0 Å². The molecule has 1 heterocycles. The van der Waals surface area contributed by atoms with Crippen molar-refractivity contribution >= 4 is 5.69 Å². The van der Waals surface area contributed by atoms with Gasteiger partial charge < -0.3 is 19.6 Å². The smallest absolute Gasteiger partial charge is 0.387 e. The van der Waals surface area contributed by atoms with Crippen molar-refractivity contribution in [2.45, 2.75) is 19.3 Å². The second-order valence-corrected chi connectivity index (χ2v) is 4.59. The number of nitro groups is 1. The molecule has 0 aliphatic rings. The lowest BCUT2D eigenvalue weighted by molar-refractivity contribution is -0.385. The minimum atomic E-state index is -3.04. The van der Waals surface area contributed by atoms with E-state index in [2.05, 4.69) is 10.1 Å². The van der Waals surface area contributed by atoms with E-state index >= 15 is 0 Å². The first kappa shape index (κ1) is 16.8. The van der Waals surface area contributed by atoms with E-state index in [-0.39, 0.29) is 30.1 Å². The molecule has 23 heavy (non-hydrogen) atoms. The van der Waals surface area contributed by atoms with E-state index in [4.69, 9.17) is 4.42 Å². The average Bonchev–Trinajstić information content (AvgIpc) is 3.02. The Bertz CT molecular complexity index is 649. The highest BCUT2D eigenvalue weighted by atomic mass is 19.3. The normalized spacial score (nSPS) is 12.3. The number of alkyl halides is 2. The minimum Gasteiger partial charge on any atom is -0.467 e. The van der Waals surface area contributed by atoms with E-state index in [1.807, 2.05) is 0 Å². The number of furan rings is 1. The van der Waals surface area contributed by atoms with Crippen LogP contribution in [0.3, 0.4) is 0 Å². The number of rotatable bonds is 8. The standard InChI is InChI=1S/C14H14F2N2O5/c15-14(16)23-12-4-3-10(18(20)21)6-9(12)7-17-8-11(19)13-2-1-5-22-13/h1-6,11,14,17,19H,7-8H2. The van der Waals surface area contributed by atoms with Gasteiger partial charge in [0.1, 0.15) is 17.6 Å². The zero-order valence-corrected chi connectivity index (χ0v) is 11.8. The second kappa shape index (κ2) is 7.65. The summed E-state index contributed by atoms with van der Waals surface area (Å²) in [6.45, 7) is -2.96. The lowest BCUT2D eigenvalue weighted by atomic mass is 10.1. The Morgan fingerprint density at radius 1 is 1.39 bits per heavy atom. The molecule has 0 fully saturated rings. The third kappa shape index (κ3) is 4.73. The maximum atomic E-state index is 12.4. The number of ether oxygens (including phenoxy) is 1. The van der Waals surface area contributed by atoms with Crippen molar-refractivity contribution in [1.82, 2.24) is 5.32 Å². The molecular formula is C14H14F2N2O5. The third-order valence-corrected chi connectivity index (χ3v) is 3.00. The summed E-state index contributed by atoms with van der Waals surface area (Å²) in [5, 5.41) is 23.4. The van der Waals surface area contributed by atoms with Crippen molar-refractivity contribution in [2.75, 3.05) is 6.54 Å². The van der Waals surface area contributed by atoms with Crippen molar-refractivity contribution in [3.05, 3.63) is 58.0 Å². The molecule has 0 spiro atoms. The van der Waals surface area contributed by atoms with Crippen molar-refractivity contribution in [3.63, 3.8) is 0 Å². The number of aliphatic hydroxyl groups is 1. The van der Waals surface area contributed by atoms with Gasteiger partial charge in [-0.3, -0.25) is 10.1 Å². The molecule has 0 saturated carbocycles. The Kier molecular flexibility index (Phi) is 5.61. The first-order valence-corrected chi connectivity index (χ1v) is 6.61. The summed E-state index contributed by atoms with van der Waals surface area (Å²) in [4.78, 5) is 10.1. The molecule has 0 aliphatic heterocycles. The molecular weight excluding hydrogens is 314 g/mol. The van der Waals surface area contributed by atoms with Gasteiger partial charge in [-0.1, -0.05) is 0 Å². The number of non-ortho nitro benzene ring substituents is 1. The molecule has 1 atom stereocenters. The summed E-state index contributed by atoms with van der Waals surface area (Å²) in [5.74, 6) is 0.186. The maximum Gasteiger partial charge on any atom is 0.387 e. The predicted molar refractivity (Wildman–Crippen MR) is 75.1 cm³/mol. The number of halogens is 2. The fourth-order valence-corrected chi connectivity index (χ4v) is 1.95. The van der Waals surface area contributed by atoms with Crippen LogP contribution in [0.1, 0.15) is 17.4 Å². The SMILES string of the molecule is O=[N+]([O-])c1ccc(OC(F)F)c(CNCC(O)c2ccco2)c1. The van der Waals surface area contributed by atoms with E-state index in [9.17, 15) is 24.0 Å². The molecule has 0 saturated heterocycles. The molecule has 9 heteroatoms. The molecule has 0 radical (unpaired) electrons. The van der Waals surface area contributed by atoms with Gasteiger partial charge in [-0.25, -0.2) is 0 Å². The molecule has 124 valence electrons. The minimum absolute atomic E-state index is 0.00149. The lowest BCUT2D eigenvalue weighted by Gasteiger charge is -2.13. The summed E-state index contributed by atoms with van der Waals surface area (Å²) >= 11 is 0. The Morgan fingerprint density at radius 3 is 2.78 bits per heavy atom. The van der Waals surface area contributed by atoms with E-state index in [1.165, 1.54) is 6.26 Å². The average molecular weight is 328 g/mol. The van der Waals surface area contributed by atoms with Crippen LogP contribution < -0.4 is 10.1 Å². The summed E-state index contributed by atoms with van der Waals surface area (Å²) < 4.78 is 34.1. The summed E-state index contributed by atoms with van der Waals surface area (Å²) in [6.07, 6.45) is 0.483. The molecule has 0 amide bonds. The first-order chi connectivity index (χ1) is 11.0. The zero-order chi connectivity index (χ0) is 16.8. The van der Waals surface area contributed by atoms with Gasteiger partial charge in [0.05, 0.1) is 11.2 Å². The number of hydrogen-bond acceptors (Lipinski definition) is 6. The van der Waals surface area contributed by atoms with E-state index in [1.54, 1.807) is 12.1 Å². The number of aliphatic hydroxyl groups excluding tert-OH is 1. The molecule has 7 nitrogen and oxygen atoms in total. The number of benzene rings is 1. The van der Waals surface area contributed by atoms with E-state index < -0.39 is 17.6 Å².